The topological polar surface area (TPSA) is 66.6 Å². The third-order valence-electron chi connectivity index (χ3n) is 3.86. The molecule has 1 saturated heterocycles. The number of benzene rings is 1. The van der Waals surface area contributed by atoms with Crippen molar-refractivity contribution in [1.82, 2.24) is 9.21 Å². The van der Waals surface area contributed by atoms with Gasteiger partial charge in [-0.05, 0) is 18.6 Å². The lowest BCUT2D eigenvalue weighted by atomic mass is 9.98. The molecule has 5 nitrogen and oxygen atoms in total. The number of nitrogens with zero attached hydrogens (tertiary/aromatic N) is 2. The van der Waals surface area contributed by atoms with Crippen LogP contribution in [0.2, 0.25) is 0 Å². The minimum atomic E-state index is -3.10. The molecule has 1 heterocycles. The second-order valence-corrected chi connectivity index (χ2v) is 8.36. The maximum Gasteiger partial charge on any atom is 0.211 e. The lowest BCUT2D eigenvalue weighted by molar-refractivity contribution is 0.123. The standard InChI is InChI=1S/C14H22BrN3O2S/c1-11(16)14(12-5-3-4-6-13(12)15)17-7-9-18(10-8-17)21(2,19)20/h3-6,11,14H,7-10,16H2,1-2H3. The predicted octanol–water partition coefficient (Wildman–Crippen LogP) is 1.41. The highest BCUT2D eigenvalue weighted by atomic mass is 79.9. The summed E-state index contributed by atoms with van der Waals surface area (Å²) in [5.74, 6) is 0. The van der Waals surface area contributed by atoms with Crippen LogP contribution >= 0.6 is 15.9 Å². The number of halogens is 1. The van der Waals surface area contributed by atoms with Crippen molar-refractivity contribution in [3.8, 4) is 0 Å². The van der Waals surface area contributed by atoms with Gasteiger partial charge in [0.2, 0.25) is 10.0 Å². The Hall–Kier alpha value is -0.470. The summed E-state index contributed by atoms with van der Waals surface area (Å²) >= 11 is 3.59. The zero-order chi connectivity index (χ0) is 15.6. The molecule has 2 N–H and O–H groups in total. The number of sulfonamides is 1. The minimum Gasteiger partial charge on any atom is -0.326 e. The van der Waals surface area contributed by atoms with E-state index in [1.165, 1.54) is 10.6 Å². The molecule has 21 heavy (non-hydrogen) atoms. The van der Waals surface area contributed by atoms with Crippen molar-refractivity contribution in [3.05, 3.63) is 34.3 Å². The summed E-state index contributed by atoms with van der Waals surface area (Å²) in [6.07, 6.45) is 1.26. The van der Waals surface area contributed by atoms with Crippen LogP contribution in [0.3, 0.4) is 0 Å². The number of hydrogen-bond donors (Lipinski definition) is 1. The molecule has 1 aromatic rings. The fraction of sp³-hybridized carbons (Fsp3) is 0.571. The molecule has 0 aromatic heterocycles. The highest BCUT2D eigenvalue weighted by molar-refractivity contribution is 9.10. The van der Waals surface area contributed by atoms with Gasteiger partial charge in [0.25, 0.3) is 0 Å². The Balaban J connectivity index is 2.17. The van der Waals surface area contributed by atoms with E-state index in [0.717, 1.165) is 10.0 Å². The first-order chi connectivity index (χ1) is 9.80. The first-order valence-corrected chi connectivity index (χ1v) is 9.64. The Labute approximate surface area is 135 Å². The Morgan fingerprint density at radius 1 is 1.19 bits per heavy atom. The smallest absolute Gasteiger partial charge is 0.211 e. The zero-order valence-corrected chi connectivity index (χ0v) is 14.8. The van der Waals surface area contributed by atoms with Gasteiger partial charge < -0.3 is 5.73 Å². The molecule has 0 aliphatic carbocycles. The van der Waals surface area contributed by atoms with E-state index in [0.29, 0.717) is 26.2 Å². The molecule has 1 aliphatic rings. The molecule has 1 fully saturated rings. The fourth-order valence-electron chi connectivity index (χ4n) is 2.84. The summed E-state index contributed by atoms with van der Waals surface area (Å²) in [6.45, 7) is 4.42. The van der Waals surface area contributed by atoms with E-state index in [9.17, 15) is 8.42 Å². The SMILES string of the molecule is CC(N)C(c1ccccc1Br)N1CCN(S(C)(=O)=O)CC1. The van der Waals surface area contributed by atoms with Crippen LogP contribution in [0.5, 0.6) is 0 Å². The molecule has 118 valence electrons. The van der Waals surface area contributed by atoms with E-state index >= 15 is 0 Å². The van der Waals surface area contributed by atoms with Gasteiger partial charge in [-0.15, -0.1) is 0 Å². The van der Waals surface area contributed by atoms with Gasteiger partial charge in [0, 0.05) is 36.7 Å². The first-order valence-electron chi connectivity index (χ1n) is 7.00. The van der Waals surface area contributed by atoms with Gasteiger partial charge in [0.05, 0.1) is 12.3 Å². The van der Waals surface area contributed by atoms with Gasteiger partial charge in [0.1, 0.15) is 0 Å². The molecular weight excluding hydrogens is 354 g/mol. The van der Waals surface area contributed by atoms with Crippen molar-refractivity contribution >= 4 is 26.0 Å². The Kier molecular flexibility index (Phi) is 5.43. The Morgan fingerprint density at radius 2 is 1.76 bits per heavy atom. The summed E-state index contributed by atoms with van der Waals surface area (Å²) in [5.41, 5.74) is 7.35. The number of hydrogen-bond acceptors (Lipinski definition) is 4. The summed E-state index contributed by atoms with van der Waals surface area (Å²) in [4.78, 5) is 2.27. The van der Waals surface area contributed by atoms with E-state index in [1.54, 1.807) is 0 Å². The number of piperazine rings is 1. The second kappa shape index (κ2) is 6.75. The molecule has 7 heteroatoms. The molecule has 0 amide bonds. The lowest BCUT2D eigenvalue weighted by Crippen LogP contribution is -2.52. The summed E-state index contributed by atoms with van der Waals surface area (Å²) in [5, 5.41) is 0. The van der Waals surface area contributed by atoms with Crippen LogP contribution in [0.25, 0.3) is 0 Å². The summed E-state index contributed by atoms with van der Waals surface area (Å²) < 4.78 is 25.8. The van der Waals surface area contributed by atoms with Gasteiger partial charge in [-0.3, -0.25) is 4.90 Å². The van der Waals surface area contributed by atoms with Crippen LogP contribution in [0.4, 0.5) is 0 Å². The van der Waals surface area contributed by atoms with E-state index in [4.69, 9.17) is 5.73 Å². The average molecular weight is 376 g/mol. The molecule has 1 aromatic carbocycles. The molecule has 2 atom stereocenters. The van der Waals surface area contributed by atoms with Crippen molar-refractivity contribution in [2.75, 3.05) is 32.4 Å². The predicted molar refractivity (Wildman–Crippen MR) is 88.5 cm³/mol. The van der Waals surface area contributed by atoms with E-state index in [1.807, 2.05) is 25.1 Å². The van der Waals surface area contributed by atoms with Gasteiger partial charge in [-0.2, -0.15) is 4.31 Å². The maximum absolute atomic E-state index is 11.6. The number of nitrogens with two attached hydrogens (primary N) is 1. The lowest BCUT2D eigenvalue weighted by Gasteiger charge is -2.40. The molecule has 0 radical (unpaired) electrons. The molecular formula is C14H22BrN3O2S. The Bertz CT molecular complexity index is 584. The molecule has 0 saturated carbocycles. The third kappa shape index (κ3) is 4.04. The quantitative estimate of drug-likeness (QED) is 0.863. The van der Waals surface area contributed by atoms with Crippen molar-refractivity contribution in [1.29, 1.82) is 0 Å². The van der Waals surface area contributed by atoms with Crippen LogP contribution in [0.15, 0.2) is 28.7 Å². The maximum atomic E-state index is 11.6. The average Bonchev–Trinajstić information content (AvgIpc) is 2.40. The molecule has 1 aliphatic heterocycles. The molecule has 2 rings (SSSR count). The third-order valence-corrected chi connectivity index (χ3v) is 5.88. The van der Waals surface area contributed by atoms with Crippen LogP contribution < -0.4 is 5.73 Å². The number of rotatable bonds is 4. The Morgan fingerprint density at radius 3 is 2.24 bits per heavy atom. The second-order valence-electron chi connectivity index (χ2n) is 5.52. The first kappa shape index (κ1) is 16.9. The van der Waals surface area contributed by atoms with E-state index < -0.39 is 10.0 Å². The summed E-state index contributed by atoms with van der Waals surface area (Å²) in [6, 6.07) is 8.12. The molecule has 0 bridgehead atoms. The van der Waals surface area contributed by atoms with Gasteiger partial charge >= 0.3 is 0 Å². The van der Waals surface area contributed by atoms with Gasteiger partial charge in [0.15, 0.2) is 0 Å². The van der Waals surface area contributed by atoms with E-state index in [-0.39, 0.29) is 12.1 Å². The van der Waals surface area contributed by atoms with Crippen molar-refractivity contribution in [2.45, 2.75) is 19.0 Å². The van der Waals surface area contributed by atoms with Crippen molar-refractivity contribution < 1.29 is 8.42 Å². The highest BCUT2D eigenvalue weighted by Crippen LogP contribution is 2.30. The fourth-order valence-corrected chi connectivity index (χ4v) is 4.19. The van der Waals surface area contributed by atoms with Gasteiger partial charge in [-0.25, -0.2) is 8.42 Å². The minimum absolute atomic E-state index is 0.0338. The van der Waals surface area contributed by atoms with Crippen LogP contribution in [0.1, 0.15) is 18.5 Å². The normalized spacial score (nSPS) is 21.1. The zero-order valence-electron chi connectivity index (χ0n) is 12.4. The molecule has 0 spiro atoms. The highest BCUT2D eigenvalue weighted by Gasteiger charge is 2.31. The summed E-state index contributed by atoms with van der Waals surface area (Å²) in [7, 11) is -3.10. The van der Waals surface area contributed by atoms with Crippen LogP contribution in [0, 0.1) is 0 Å². The van der Waals surface area contributed by atoms with Crippen LogP contribution in [-0.4, -0.2) is 56.1 Å². The van der Waals surface area contributed by atoms with Crippen molar-refractivity contribution in [2.24, 2.45) is 5.73 Å². The molecule has 2 unspecified atom stereocenters. The van der Waals surface area contributed by atoms with Crippen molar-refractivity contribution in [3.63, 3.8) is 0 Å². The van der Waals surface area contributed by atoms with Gasteiger partial charge in [-0.1, -0.05) is 34.1 Å². The monoisotopic (exact) mass is 375 g/mol. The van der Waals surface area contributed by atoms with E-state index in [2.05, 4.69) is 26.9 Å². The van der Waals surface area contributed by atoms with Crippen LogP contribution in [-0.2, 0) is 10.0 Å². The largest absolute Gasteiger partial charge is 0.326 e.